The van der Waals surface area contributed by atoms with Gasteiger partial charge in [-0.25, -0.2) is 0 Å². The SMILES string of the molecule is NC1(N(C=O)Cc2ccccc2)CCCC1. The van der Waals surface area contributed by atoms with Crippen LogP contribution in [0.25, 0.3) is 0 Å². The summed E-state index contributed by atoms with van der Waals surface area (Å²) < 4.78 is 0. The topological polar surface area (TPSA) is 46.3 Å². The van der Waals surface area contributed by atoms with Crippen LogP contribution in [0.1, 0.15) is 31.2 Å². The molecule has 1 aliphatic carbocycles. The molecule has 1 aliphatic rings. The molecule has 1 aromatic rings. The van der Waals surface area contributed by atoms with Gasteiger partial charge in [0.2, 0.25) is 6.41 Å². The summed E-state index contributed by atoms with van der Waals surface area (Å²) in [5, 5.41) is 0. The first-order valence-electron chi connectivity index (χ1n) is 5.79. The van der Waals surface area contributed by atoms with E-state index in [-0.39, 0.29) is 0 Å². The molecular formula is C13H18N2O. The number of hydrogen-bond acceptors (Lipinski definition) is 2. The van der Waals surface area contributed by atoms with E-state index in [1.165, 1.54) is 0 Å². The molecule has 0 unspecified atom stereocenters. The minimum atomic E-state index is -0.419. The van der Waals surface area contributed by atoms with Crippen molar-refractivity contribution in [1.82, 2.24) is 4.90 Å². The fraction of sp³-hybridized carbons (Fsp3) is 0.462. The van der Waals surface area contributed by atoms with Gasteiger partial charge < -0.3 is 10.6 Å². The summed E-state index contributed by atoms with van der Waals surface area (Å²) in [7, 11) is 0. The molecule has 16 heavy (non-hydrogen) atoms. The van der Waals surface area contributed by atoms with Gasteiger partial charge in [0.25, 0.3) is 0 Å². The summed E-state index contributed by atoms with van der Waals surface area (Å²) in [6.07, 6.45) is 4.96. The molecule has 0 spiro atoms. The second-order valence-electron chi connectivity index (χ2n) is 4.53. The average Bonchev–Trinajstić information content (AvgIpc) is 2.75. The van der Waals surface area contributed by atoms with Crippen LogP contribution < -0.4 is 5.73 Å². The van der Waals surface area contributed by atoms with Gasteiger partial charge in [-0.3, -0.25) is 4.79 Å². The molecule has 0 atom stereocenters. The van der Waals surface area contributed by atoms with Gasteiger partial charge in [0.05, 0.1) is 5.66 Å². The molecule has 2 N–H and O–H groups in total. The van der Waals surface area contributed by atoms with E-state index in [9.17, 15) is 4.79 Å². The average molecular weight is 218 g/mol. The number of nitrogens with zero attached hydrogens (tertiary/aromatic N) is 1. The Labute approximate surface area is 96.2 Å². The van der Waals surface area contributed by atoms with Gasteiger partial charge in [0.15, 0.2) is 0 Å². The highest BCUT2D eigenvalue weighted by molar-refractivity contribution is 5.49. The van der Waals surface area contributed by atoms with E-state index in [1.54, 1.807) is 4.90 Å². The molecular weight excluding hydrogens is 200 g/mol. The molecule has 3 nitrogen and oxygen atoms in total. The standard InChI is InChI=1S/C13H18N2O/c14-13(8-4-5-9-13)15(11-16)10-12-6-2-1-3-7-12/h1-3,6-7,11H,4-5,8-10,14H2. The minimum absolute atomic E-state index is 0.419. The number of amides is 1. The molecule has 0 heterocycles. The van der Waals surface area contributed by atoms with Gasteiger partial charge >= 0.3 is 0 Å². The Morgan fingerprint density at radius 2 is 1.88 bits per heavy atom. The molecule has 0 aromatic heterocycles. The fourth-order valence-corrected chi connectivity index (χ4v) is 2.35. The number of benzene rings is 1. The summed E-state index contributed by atoms with van der Waals surface area (Å²) in [5.74, 6) is 0. The zero-order chi connectivity index (χ0) is 11.4. The van der Waals surface area contributed by atoms with Crippen molar-refractivity contribution in [1.29, 1.82) is 0 Å². The fourth-order valence-electron chi connectivity index (χ4n) is 2.35. The lowest BCUT2D eigenvalue weighted by atomic mass is 10.1. The molecule has 0 saturated heterocycles. The zero-order valence-electron chi connectivity index (χ0n) is 9.43. The van der Waals surface area contributed by atoms with Gasteiger partial charge in [-0.1, -0.05) is 30.3 Å². The van der Waals surface area contributed by atoms with Crippen molar-refractivity contribution in [2.75, 3.05) is 0 Å². The van der Waals surface area contributed by atoms with E-state index < -0.39 is 5.66 Å². The number of carbonyl (C=O) groups excluding carboxylic acids is 1. The highest BCUT2D eigenvalue weighted by atomic mass is 16.1. The lowest BCUT2D eigenvalue weighted by molar-refractivity contribution is -0.124. The molecule has 2 rings (SSSR count). The van der Waals surface area contributed by atoms with Gasteiger partial charge in [-0.15, -0.1) is 0 Å². The Kier molecular flexibility index (Phi) is 3.25. The third kappa shape index (κ3) is 2.25. The molecule has 0 radical (unpaired) electrons. The number of hydrogen-bond donors (Lipinski definition) is 1. The maximum Gasteiger partial charge on any atom is 0.211 e. The van der Waals surface area contributed by atoms with Crippen LogP contribution in [0, 0.1) is 0 Å². The van der Waals surface area contributed by atoms with E-state index in [4.69, 9.17) is 5.73 Å². The van der Waals surface area contributed by atoms with Crippen LogP contribution in [0.4, 0.5) is 0 Å². The lowest BCUT2D eigenvalue weighted by Gasteiger charge is -2.35. The van der Waals surface area contributed by atoms with Gasteiger partial charge in [-0.2, -0.15) is 0 Å². The van der Waals surface area contributed by atoms with E-state index >= 15 is 0 Å². The van der Waals surface area contributed by atoms with Crippen molar-refractivity contribution in [2.24, 2.45) is 5.73 Å². The maximum atomic E-state index is 11.1. The smallest absolute Gasteiger partial charge is 0.211 e. The van der Waals surface area contributed by atoms with Crippen molar-refractivity contribution in [2.45, 2.75) is 37.9 Å². The molecule has 0 aliphatic heterocycles. The van der Waals surface area contributed by atoms with Crippen LogP contribution in [0.3, 0.4) is 0 Å². The van der Waals surface area contributed by atoms with Gasteiger partial charge in [-0.05, 0) is 31.2 Å². The van der Waals surface area contributed by atoms with Crippen LogP contribution in [0.2, 0.25) is 0 Å². The zero-order valence-corrected chi connectivity index (χ0v) is 9.43. The molecule has 1 fully saturated rings. The first-order chi connectivity index (χ1) is 7.74. The van der Waals surface area contributed by atoms with E-state index in [1.807, 2.05) is 30.3 Å². The Bertz CT molecular complexity index is 344. The van der Waals surface area contributed by atoms with Gasteiger partial charge in [0, 0.05) is 6.54 Å². The quantitative estimate of drug-likeness (QED) is 0.619. The highest BCUT2D eigenvalue weighted by Crippen LogP contribution is 2.30. The summed E-state index contributed by atoms with van der Waals surface area (Å²) in [6.45, 7) is 0.612. The molecule has 0 bridgehead atoms. The molecule has 86 valence electrons. The number of carbonyl (C=O) groups is 1. The van der Waals surface area contributed by atoms with Crippen molar-refractivity contribution in [3.05, 3.63) is 35.9 Å². The van der Waals surface area contributed by atoms with Gasteiger partial charge in [0.1, 0.15) is 0 Å². The normalized spacial score (nSPS) is 18.3. The van der Waals surface area contributed by atoms with Crippen molar-refractivity contribution in [3.63, 3.8) is 0 Å². The summed E-state index contributed by atoms with van der Waals surface area (Å²) in [6, 6.07) is 9.98. The van der Waals surface area contributed by atoms with Crippen LogP contribution in [0.15, 0.2) is 30.3 Å². The van der Waals surface area contributed by atoms with Crippen LogP contribution in [0.5, 0.6) is 0 Å². The monoisotopic (exact) mass is 218 g/mol. The molecule has 1 saturated carbocycles. The largest absolute Gasteiger partial charge is 0.323 e. The first-order valence-corrected chi connectivity index (χ1v) is 5.79. The first kappa shape index (κ1) is 11.1. The second-order valence-corrected chi connectivity index (χ2v) is 4.53. The van der Waals surface area contributed by atoms with Crippen LogP contribution in [-0.2, 0) is 11.3 Å². The highest BCUT2D eigenvalue weighted by Gasteiger charge is 2.34. The third-order valence-electron chi connectivity index (χ3n) is 3.36. The van der Waals surface area contributed by atoms with Crippen LogP contribution in [-0.4, -0.2) is 17.0 Å². The predicted octanol–water partition coefficient (Wildman–Crippen LogP) is 1.87. The Hall–Kier alpha value is -1.35. The predicted molar refractivity (Wildman–Crippen MR) is 63.4 cm³/mol. The second kappa shape index (κ2) is 4.66. The summed E-state index contributed by atoms with van der Waals surface area (Å²) in [4.78, 5) is 12.9. The third-order valence-corrected chi connectivity index (χ3v) is 3.36. The van der Waals surface area contributed by atoms with E-state index in [0.717, 1.165) is 37.7 Å². The van der Waals surface area contributed by atoms with Crippen molar-refractivity contribution >= 4 is 6.41 Å². The van der Waals surface area contributed by atoms with Crippen LogP contribution >= 0.6 is 0 Å². The minimum Gasteiger partial charge on any atom is -0.323 e. The maximum absolute atomic E-state index is 11.1. The van der Waals surface area contributed by atoms with Crippen molar-refractivity contribution < 1.29 is 4.79 Å². The molecule has 1 amide bonds. The lowest BCUT2D eigenvalue weighted by Crippen LogP contribution is -2.52. The Morgan fingerprint density at radius 1 is 1.25 bits per heavy atom. The Balaban J connectivity index is 2.09. The molecule has 1 aromatic carbocycles. The number of rotatable bonds is 4. The van der Waals surface area contributed by atoms with E-state index in [0.29, 0.717) is 6.54 Å². The number of nitrogens with two attached hydrogens (primary N) is 1. The summed E-state index contributed by atoms with van der Waals surface area (Å²) in [5.41, 5.74) is 6.97. The van der Waals surface area contributed by atoms with Crippen molar-refractivity contribution in [3.8, 4) is 0 Å². The summed E-state index contributed by atoms with van der Waals surface area (Å²) >= 11 is 0. The molecule has 3 heteroatoms. The Morgan fingerprint density at radius 3 is 2.44 bits per heavy atom. The van der Waals surface area contributed by atoms with E-state index in [2.05, 4.69) is 0 Å².